The summed E-state index contributed by atoms with van der Waals surface area (Å²) in [6.45, 7) is 1.64. The summed E-state index contributed by atoms with van der Waals surface area (Å²) in [7, 11) is 0. The zero-order valence-corrected chi connectivity index (χ0v) is 9.88. The Balaban J connectivity index is 2.09. The van der Waals surface area contributed by atoms with Gasteiger partial charge < -0.3 is 14.3 Å². The van der Waals surface area contributed by atoms with Gasteiger partial charge in [0.15, 0.2) is 12.2 Å². The quantitative estimate of drug-likeness (QED) is 0.377. The van der Waals surface area contributed by atoms with Gasteiger partial charge in [-0.2, -0.15) is 0 Å². The second kappa shape index (κ2) is 5.03. The fourth-order valence-corrected chi connectivity index (χ4v) is 1.77. The summed E-state index contributed by atoms with van der Waals surface area (Å²) in [6.07, 6.45) is 2.94. The minimum atomic E-state index is -0.753. The maximum atomic E-state index is 11.7. The molecule has 6 heteroatoms. The molecule has 0 aromatic carbocycles. The first kappa shape index (κ1) is 12.3. The third-order valence-electron chi connectivity index (χ3n) is 2.65. The van der Waals surface area contributed by atoms with Gasteiger partial charge in [-0.15, -0.1) is 0 Å². The number of hydrogen-bond acceptors (Lipinski definition) is 6. The lowest BCUT2D eigenvalue weighted by molar-refractivity contribution is -0.150. The largest absolute Gasteiger partial charge is 0.511 e. The number of Topliss-reactive ketones (excluding diaryl/α,β-unsaturated/α-hetero) is 1. The van der Waals surface area contributed by atoms with Gasteiger partial charge >= 0.3 is 5.97 Å². The lowest BCUT2D eigenvalue weighted by Crippen LogP contribution is -2.31. The van der Waals surface area contributed by atoms with Crippen molar-refractivity contribution in [2.75, 3.05) is 0 Å². The first-order valence-electron chi connectivity index (χ1n) is 5.61. The first-order valence-corrected chi connectivity index (χ1v) is 5.61. The number of esters is 1. The monoisotopic (exact) mass is 251 g/mol. The lowest BCUT2D eigenvalue weighted by Gasteiger charge is -2.20. The van der Waals surface area contributed by atoms with Gasteiger partial charge in [0.1, 0.15) is 23.7 Å². The zero-order valence-electron chi connectivity index (χ0n) is 9.88. The molecule has 2 rings (SSSR count). The Hall–Kier alpha value is -2.11. The number of aliphatic hydroxyl groups excluding tert-OH is 1. The van der Waals surface area contributed by atoms with Crippen molar-refractivity contribution in [2.45, 2.75) is 32.3 Å². The van der Waals surface area contributed by atoms with Crippen molar-refractivity contribution >= 4 is 11.8 Å². The van der Waals surface area contributed by atoms with Crippen molar-refractivity contribution in [3.63, 3.8) is 0 Å². The van der Waals surface area contributed by atoms with Crippen LogP contribution in [0.1, 0.15) is 25.5 Å². The van der Waals surface area contributed by atoms with Crippen molar-refractivity contribution in [3.8, 4) is 0 Å². The molecule has 1 aliphatic rings. The molecule has 1 atom stereocenters. The minimum Gasteiger partial charge on any atom is -0.511 e. The molecule has 1 N–H and O–H groups in total. The number of allylic oxidation sites excluding steroid dienone is 1. The molecule has 0 radical (unpaired) electrons. The number of carbonyl (C=O) groups excluding carboxylic acids is 2. The maximum Gasteiger partial charge on any atom is 0.345 e. The van der Waals surface area contributed by atoms with Gasteiger partial charge in [-0.05, 0) is 13.3 Å². The molecule has 0 saturated carbocycles. The molecule has 0 bridgehead atoms. The number of aromatic nitrogens is 1. The summed E-state index contributed by atoms with van der Waals surface area (Å²) in [5, 5.41) is 9.80. The van der Waals surface area contributed by atoms with Crippen LogP contribution >= 0.6 is 0 Å². The highest BCUT2D eigenvalue weighted by molar-refractivity contribution is 6.19. The molecule has 18 heavy (non-hydrogen) atoms. The Kier molecular flexibility index (Phi) is 3.45. The number of ether oxygens (including phenoxy) is 1. The van der Waals surface area contributed by atoms with Gasteiger partial charge in [-0.1, -0.05) is 0 Å². The summed E-state index contributed by atoms with van der Waals surface area (Å²) in [5.74, 6) is -1.38. The summed E-state index contributed by atoms with van der Waals surface area (Å²) >= 11 is 0. The van der Waals surface area contributed by atoms with Crippen molar-refractivity contribution < 1.29 is 23.8 Å². The lowest BCUT2D eigenvalue weighted by atomic mass is 10.00. The van der Waals surface area contributed by atoms with Crippen LogP contribution in [0, 0.1) is 0 Å². The average Bonchev–Trinajstić information content (AvgIpc) is 2.77. The van der Waals surface area contributed by atoms with E-state index in [0.29, 0.717) is 12.1 Å². The molecule has 0 unspecified atom stereocenters. The van der Waals surface area contributed by atoms with Crippen molar-refractivity contribution in [2.24, 2.45) is 0 Å². The fourth-order valence-electron chi connectivity index (χ4n) is 1.77. The molecule has 1 aromatic heterocycles. The number of hydrogen-bond donors (Lipinski definition) is 1. The highest BCUT2D eigenvalue weighted by Gasteiger charge is 2.32. The zero-order chi connectivity index (χ0) is 13.1. The third kappa shape index (κ3) is 2.58. The molecule has 96 valence electrons. The predicted molar refractivity (Wildman–Crippen MR) is 59.7 cm³/mol. The summed E-state index contributed by atoms with van der Waals surface area (Å²) in [4.78, 5) is 27.1. The van der Waals surface area contributed by atoms with Gasteiger partial charge in [0, 0.05) is 12.8 Å². The second-order valence-electron chi connectivity index (χ2n) is 4.14. The first-order chi connectivity index (χ1) is 8.58. The Morgan fingerprint density at radius 3 is 2.94 bits per heavy atom. The molecule has 0 aliphatic carbocycles. The predicted octanol–water partition coefficient (Wildman–Crippen LogP) is 1.32. The van der Waals surface area contributed by atoms with E-state index in [4.69, 9.17) is 9.15 Å². The topological polar surface area (TPSA) is 89.6 Å². The number of aryl methyl sites for hydroxylation is 1. The average molecular weight is 251 g/mol. The van der Waals surface area contributed by atoms with Crippen molar-refractivity contribution in [1.82, 2.24) is 4.98 Å². The molecular formula is C12H13NO5. The minimum absolute atomic E-state index is 0.106. The molecule has 0 amide bonds. The second-order valence-corrected chi connectivity index (χ2v) is 4.14. The number of aliphatic hydroxyl groups is 1. The summed E-state index contributed by atoms with van der Waals surface area (Å²) < 4.78 is 9.70. The number of nitrogens with zero attached hydrogens (tertiary/aromatic N) is 1. The summed E-state index contributed by atoms with van der Waals surface area (Å²) in [6, 6.07) is 0. The number of cyclic esters (lactones) is 1. The Morgan fingerprint density at radius 2 is 2.33 bits per heavy atom. The van der Waals surface area contributed by atoms with Crippen LogP contribution in [0.2, 0.25) is 0 Å². The van der Waals surface area contributed by atoms with E-state index in [1.165, 1.54) is 12.7 Å². The van der Waals surface area contributed by atoms with E-state index >= 15 is 0 Å². The normalized spacial score (nSPS) is 22.8. The van der Waals surface area contributed by atoms with E-state index in [9.17, 15) is 14.7 Å². The standard InChI is InChI=1S/C12H13NO5/c1-7-4-10(15)11(12(16)18-7)9(14)3-2-8-5-17-6-13-8/h5-7,14H,2-4H2,1H3/b11-9+/t7-/m1/s1. The molecule has 6 nitrogen and oxygen atoms in total. The molecular weight excluding hydrogens is 238 g/mol. The number of ketones is 1. The molecule has 1 fully saturated rings. The van der Waals surface area contributed by atoms with Crippen LogP contribution in [-0.4, -0.2) is 27.9 Å². The van der Waals surface area contributed by atoms with Crippen LogP contribution in [0.4, 0.5) is 0 Å². The van der Waals surface area contributed by atoms with Gasteiger partial charge in [-0.3, -0.25) is 4.79 Å². The van der Waals surface area contributed by atoms with Crippen molar-refractivity contribution in [3.05, 3.63) is 29.7 Å². The van der Waals surface area contributed by atoms with Crippen LogP contribution in [0.25, 0.3) is 0 Å². The van der Waals surface area contributed by atoms with E-state index in [2.05, 4.69) is 4.98 Å². The fraction of sp³-hybridized carbons (Fsp3) is 0.417. The maximum absolute atomic E-state index is 11.7. The van der Waals surface area contributed by atoms with E-state index in [1.54, 1.807) is 6.92 Å². The van der Waals surface area contributed by atoms with E-state index < -0.39 is 12.1 Å². The highest BCUT2D eigenvalue weighted by Crippen LogP contribution is 2.20. The number of oxazole rings is 1. The van der Waals surface area contributed by atoms with Crippen LogP contribution in [0.5, 0.6) is 0 Å². The van der Waals surface area contributed by atoms with Crippen LogP contribution in [0.15, 0.2) is 28.4 Å². The Bertz CT molecular complexity index is 469. The van der Waals surface area contributed by atoms with Crippen LogP contribution < -0.4 is 0 Å². The highest BCUT2D eigenvalue weighted by atomic mass is 16.5. The third-order valence-corrected chi connectivity index (χ3v) is 2.65. The van der Waals surface area contributed by atoms with Gasteiger partial charge in [-0.25, -0.2) is 9.78 Å². The van der Waals surface area contributed by atoms with Gasteiger partial charge in [0.05, 0.1) is 5.69 Å². The Labute approximate surface area is 103 Å². The smallest absolute Gasteiger partial charge is 0.345 e. The molecule has 2 heterocycles. The van der Waals surface area contributed by atoms with E-state index in [-0.39, 0.29) is 30.0 Å². The molecule has 1 aromatic rings. The van der Waals surface area contributed by atoms with Crippen LogP contribution in [0.3, 0.4) is 0 Å². The molecule has 1 aliphatic heterocycles. The molecule has 1 saturated heterocycles. The summed E-state index contributed by atoms with van der Waals surface area (Å²) in [5.41, 5.74) is 0.406. The van der Waals surface area contributed by atoms with Gasteiger partial charge in [0.2, 0.25) is 0 Å². The molecule has 0 spiro atoms. The number of carbonyl (C=O) groups is 2. The van der Waals surface area contributed by atoms with E-state index in [1.807, 2.05) is 0 Å². The van der Waals surface area contributed by atoms with Crippen LogP contribution in [-0.2, 0) is 20.7 Å². The number of rotatable bonds is 3. The SMILES string of the molecule is C[C@@H]1CC(=O)/C(=C(\O)CCc2cocn2)C(=O)O1. The van der Waals surface area contributed by atoms with E-state index in [0.717, 1.165) is 0 Å². The Morgan fingerprint density at radius 1 is 1.56 bits per heavy atom. The van der Waals surface area contributed by atoms with Crippen molar-refractivity contribution in [1.29, 1.82) is 0 Å². The van der Waals surface area contributed by atoms with Gasteiger partial charge in [0.25, 0.3) is 0 Å².